The van der Waals surface area contributed by atoms with Gasteiger partial charge in [-0.3, -0.25) is 0 Å². The van der Waals surface area contributed by atoms with Crippen molar-refractivity contribution < 1.29 is 8.78 Å². The molecular formula is C12H15ClF2. The van der Waals surface area contributed by atoms with Gasteiger partial charge in [0.25, 0.3) is 0 Å². The van der Waals surface area contributed by atoms with Crippen LogP contribution in [0.4, 0.5) is 8.78 Å². The zero-order valence-electron chi connectivity index (χ0n) is 8.77. The summed E-state index contributed by atoms with van der Waals surface area (Å²) < 4.78 is 25.8. The van der Waals surface area contributed by atoms with Gasteiger partial charge in [0.15, 0.2) is 0 Å². The van der Waals surface area contributed by atoms with E-state index in [1.165, 1.54) is 6.92 Å². The summed E-state index contributed by atoms with van der Waals surface area (Å²) in [4.78, 5) is 0. The summed E-state index contributed by atoms with van der Waals surface area (Å²) >= 11 is 5.79. The predicted octanol–water partition coefficient (Wildman–Crippen LogP) is 4.71. The van der Waals surface area contributed by atoms with Crippen molar-refractivity contribution >= 4 is 11.6 Å². The summed E-state index contributed by atoms with van der Waals surface area (Å²) in [7, 11) is 0. The van der Waals surface area contributed by atoms with Crippen molar-refractivity contribution in [2.75, 3.05) is 0 Å². The quantitative estimate of drug-likeness (QED) is 0.690. The van der Waals surface area contributed by atoms with Gasteiger partial charge in [-0.05, 0) is 30.5 Å². The van der Waals surface area contributed by atoms with E-state index in [0.717, 1.165) is 5.56 Å². The fraction of sp³-hybridized carbons (Fsp3) is 0.500. The monoisotopic (exact) mass is 232 g/mol. The third-order valence-corrected chi connectivity index (χ3v) is 2.65. The van der Waals surface area contributed by atoms with Gasteiger partial charge in [-0.1, -0.05) is 30.7 Å². The van der Waals surface area contributed by atoms with E-state index in [-0.39, 0.29) is 12.8 Å². The lowest BCUT2D eigenvalue weighted by Crippen LogP contribution is -2.13. The molecule has 1 rings (SSSR count). The summed E-state index contributed by atoms with van der Waals surface area (Å²) in [5, 5.41) is 0.662. The summed E-state index contributed by atoms with van der Waals surface area (Å²) in [6.45, 7) is 1.51. The Morgan fingerprint density at radius 3 is 2.67 bits per heavy atom. The Morgan fingerprint density at radius 1 is 1.33 bits per heavy atom. The molecule has 1 aromatic rings. The Kier molecular flexibility index (Phi) is 4.52. The van der Waals surface area contributed by atoms with Crippen LogP contribution in [-0.2, 0) is 6.42 Å². The van der Waals surface area contributed by atoms with Gasteiger partial charge in [-0.15, -0.1) is 0 Å². The van der Waals surface area contributed by atoms with Crippen LogP contribution in [0.25, 0.3) is 0 Å². The van der Waals surface area contributed by atoms with Gasteiger partial charge in [-0.25, -0.2) is 8.78 Å². The molecule has 1 aromatic carbocycles. The number of hydrogen-bond donors (Lipinski definition) is 0. The molecule has 84 valence electrons. The normalized spacial score (nSPS) is 11.7. The molecule has 0 aliphatic rings. The number of benzene rings is 1. The van der Waals surface area contributed by atoms with Crippen molar-refractivity contribution in [3.8, 4) is 0 Å². The number of aryl methyl sites for hydroxylation is 1. The average molecular weight is 233 g/mol. The molecule has 0 aliphatic carbocycles. The van der Waals surface area contributed by atoms with Crippen LogP contribution in [0, 0.1) is 0 Å². The van der Waals surface area contributed by atoms with Crippen LogP contribution in [0.2, 0.25) is 5.02 Å². The molecule has 0 N–H and O–H groups in total. The molecule has 0 aliphatic heterocycles. The molecule has 0 spiro atoms. The SMILES string of the molecule is CCC(F)(F)CCCc1cccc(Cl)c1. The van der Waals surface area contributed by atoms with Crippen LogP contribution >= 0.6 is 11.6 Å². The smallest absolute Gasteiger partial charge is 0.207 e. The Bertz CT molecular complexity index is 310. The van der Waals surface area contributed by atoms with Crippen LogP contribution in [0.5, 0.6) is 0 Å². The minimum absolute atomic E-state index is 0.0456. The van der Waals surface area contributed by atoms with Gasteiger partial charge in [-0.2, -0.15) is 0 Å². The van der Waals surface area contributed by atoms with Crippen LogP contribution in [-0.4, -0.2) is 5.92 Å². The highest BCUT2D eigenvalue weighted by Gasteiger charge is 2.24. The van der Waals surface area contributed by atoms with Gasteiger partial charge in [0.1, 0.15) is 0 Å². The first kappa shape index (κ1) is 12.4. The molecule has 0 bridgehead atoms. The van der Waals surface area contributed by atoms with Gasteiger partial charge < -0.3 is 0 Å². The third kappa shape index (κ3) is 4.61. The second-order valence-corrected chi connectivity index (χ2v) is 4.13. The number of rotatable bonds is 5. The molecule has 0 atom stereocenters. The maximum absolute atomic E-state index is 12.9. The van der Waals surface area contributed by atoms with E-state index < -0.39 is 5.92 Å². The van der Waals surface area contributed by atoms with Crippen molar-refractivity contribution in [3.63, 3.8) is 0 Å². The summed E-state index contributed by atoms with van der Waals surface area (Å²) in [5.41, 5.74) is 1.02. The Labute approximate surface area is 94.3 Å². The molecule has 0 radical (unpaired) electrons. The molecule has 0 saturated carbocycles. The Balaban J connectivity index is 2.38. The second-order valence-electron chi connectivity index (χ2n) is 3.69. The van der Waals surface area contributed by atoms with Crippen LogP contribution < -0.4 is 0 Å². The number of hydrogen-bond acceptors (Lipinski definition) is 0. The van der Waals surface area contributed by atoms with E-state index in [0.29, 0.717) is 17.9 Å². The van der Waals surface area contributed by atoms with E-state index in [2.05, 4.69) is 0 Å². The molecule has 15 heavy (non-hydrogen) atoms. The van der Waals surface area contributed by atoms with Crippen molar-refractivity contribution in [2.24, 2.45) is 0 Å². The molecule has 0 fully saturated rings. The first-order valence-electron chi connectivity index (χ1n) is 5.16. The Hall–Kier alpha value is -0.630. The summed E-state index contributed by atoms with van der Waals surface area (Å²) in [6.07, 6.45) is 1.04. The third-order valence-electron chi connectivity index (χ3n) is 2.41. The van der Waals surface area contributed by atoms with Crippen molar-refractivity contribution in [2.45, 2.75) is 38.5 Å². The second kappa shape index (κ2) is 5.45. The molecule has 0 aromatic heterocycles. The zero-order valence-corrected chi connectivity index (χ0v) is 9.53. The molecule has 0 nitrogen and oxygen atoms in total. The molecule has 0 heterocycles. The minimum atomic E-state index is -2.52. The van der Waals surface area contributed by atoms with Crippen molar-refractivity contribution in [1.29, 1.82) is 0 Å². The van der Waals surface area contributed by atoms with Gasteiger partial charge in [0, 0.05) is 17.9 Å². The molecule has 0 saturated heterocycles. The first-order valence-corrected chi connectivity index (χ1v) is 5.53. The Morgan fingerprint density at radius 2 is 2.07 bits per heavy atom. The van der Waals surface area contributed by atoms with E-state index in [4.69, 9.17) is 11.6 Å². The van der Waals surface area contributed by atoms with Crippen molar-refractivity contribution in [3.05, 3.63) is 34.9 Å². The average Bonchev–Trinajstić information content (AvgIpc) is 2.18. The fourth-order valence-corrected chi connectivity index (χ4v) is 1.63. The highest BCUT2D eigenvalue weighted by molar-refractivity contribution is 6.30. The lowest BCUT2D eigenvalue weighted by atomic mass is 10.0. The largest absolute Gasteiger partial charge is 0.247 e. The lowest BCUT2D eigenvalue weighted by Gasteiger charge is -2.13. The van der Waals surface area contributed by atoms with E-state index in [1.807, 2.05) is 18.2 Å². The molecular weight excluding hydrogens is 218 g/mol. The zero-order chi connectivity index (χ0) is 11.3. The maximum atomic E-state index is 12.9. The lowest BCUT2D eigenvalue weighted by molar-refractivity contribution is -0.0130. The van der Waals surface area contributed by atoms with Crippen LogP contribution in [0.3, 0.4) is 0 Å². The van der Waals surface area contributed by atoms with Crippen molar-refractivity contribution in [1.82, 2.24) is 0 Å². The summed E-state index contributed by atoms with van der Waals surface area (Å²) in [5.74, 6) is -2.52. The van der Waals surface area contributed by atoms with Gasteiger partial charge in [0.05, 0.1) is 0 Å². The molecule has 0 amide bonds. The predicted molar refractivity (Wildman–Crippen MR) is 59.6 cm³/mol. The van der Waals surface area contributed by atoms with E-state index in [9.17, 15) is 8.78 Å². The minimum Gasteiger partial charge on any atom is -0.207 e. The number of alkyl halides is 2. The van der Waals surface area contributed by atoms with Crippen LogP contribution in [0.15, 0.2) is 24.3 Å². The van der Waals surface area contributed by atoms with E-state index >= 15 is 0 Å². The fourth-order valence-electron chi connectivity index (χ4n) is 1.42. The topological polar surface area (TPSA) is 0 Å². The first-order chi connectivity index (χ1) is 7.03. The highest BCUT2D eigenvalue weighted by Crippen LogP contribution is 2.25. The summed E-state index contributed by atoms with van der Waals surface area (Å²) in [6, 6.07) is 7.36. The standard InChI is InChI=1S/C12H15ClF2/c1-2-12(14,15)8-4-6-10-5-3-7-11(13)9-10/h3,5,7,9H,2,4,6,8H2,1H3. The maximum Gasteiger partial charge on any atom is 0.247 e. The molecule has 0 unspecified atom stereocenters. The van der Waals surface area contributed by atoms with Gasteiger partial charge in [0.2, 0.25) is 5.92 Å². The van der Waals surface area contributed by atoms with Crippen LogP contribution in [0.1, 0.15) is 31.7 Å². The number of halogens is 3. The van der Waals surface area contributed by atoms with E-state index in [1.54, 1.807) is 6.07 Å². The van der Waals surface area contributed by atoms with Gasteiger partial charge >= 0.3 is 0 Å². The highest BCUT2D eigenvalue weighted by atomic mass is 35.5. The molecule has 3 heteroatoms.